The van der Waals surface area contributed by atoms with Crippen molar-refractivity contribution in [3.05, 3.63) is 70.2 Å². The lowest BCUT2D eigenvalue weighted by Gasteiger charge is -2.06. The lowest BCUT2D eigenvalue weighted by Crippen LogP contribution is -2.28. The monoisotopic (exact) mass is 353 g/mol. The normalized spacial score (nSPS) is 11.1. The van der Waals surface area contributed by atoms with Gasteiger partial charge >= 0.3 is 5.69 Å². The molecule has 0 atom stereocenters. The molecule has 0 aliphatic heterocycles. The number of benzene rings is 2. The van der Waals surface area contributed by atoms with Crippen LogP contribution in [0.25, 0.3) is 16.7 Å². The van der Waals surface area contributed by atoms with Gasteiger partial charge in [0.25, 0.3) is 0 Å². The summed E-state index contributed by atoms with van der Waals surface area (Å²) >= 11 is 6.02. The van der Waals surface area contributed by atoms with Gasteiger partial charge in [0, 0.05) is 0 Å². The minimum absolute atomic E-state index is 0.222. The second kappa shape index (κ2) is 6.03. The summed E-state index contributed by atoms with van der Waals surface area (Å²) in [5.74, 6) is -0.393. The number of rotatable bonds is 3. The molecule has 1 N–H and O–H groups in total. The number of fused-ring (bicyclic) bond motifs is 3. The van der Waals surface area contributed by atoms with Gasteiger partial charge < -0.3 is 5.32 Å². The molecule has 1 amide bonds. The molecular weight excluding hydrogens is 342 g/mol. The van der Waals surface area contributed by atoms with Gasteiger partial charge in [-0.2, -0.15) is 0 Å². The minimum atomic E-state index is -0.400. The zero-order chi connectivity index (χ0) is 17.4. The Kier molecular flexibility index (Phi) is 3.70. The zero-order valence-electron chi connectivity index (χ0n) is 12.9. The summed E-state index contributed by atoms with van der Waals surface area (Å²) < 4.78 is 2.54. The maximum Gasteiger partial charge on any atom is 0.351 e. The molecule has 0 saturated heterocycles. The van der Waals surface area contributed by atoms with E-state index < -0.39 is 11.6 Å². The van der Waals surface area contributed by atoms with Gasteiger partial charge in [-0.1, -0.05) is 35.9 Å². The van der Waals surface area contributed by atoms with E-state index in [4.69, 9.17) is 11.6 Å². The van der Waals surface area contributed by atoms with Crippen LogP contribution >= 0.6 is 11.6 Å². The quantitative estimate of drug-likeness (QED) is 0.613. The summed E-state index contributed by atoms with van der Waals surface area (Å²) in [6, 6.07) is 14.1. The average molecular weight is 354 g/mol. The Morgan fingerprint density at radius 1 is 1.12 bits per heavy atom. The third kappa shape index (κ3) is 2.74. The van der Waals surface area contributed by atoms with Crippen LogP contribution in [0.3, 0.4) is 0 Å². The lowest BCUT2D eigenvalue weighted by molar-refractivity contribution is -0.117. The second-order valence-electron chi connectivity index (χ2n) is 5.41. The third-order valence-electron chi connectivity index (χ3n) is 3.75. The maximum atomic E-state index is 12.6. The molecule has 7 nitrogen and oxygen atoms in total. The van der Waals surface area contributed by atoms with E-state index in [1.807, 2.05) is 18.2 Å². The van der Waals surface area contributed by atoms with E-state index in [0.717, 1.165) is 4.68 Å². The zero-order valence-corrected chi connectivity index (χ0v) is 13.6. The molecule has 4 rings (SSSR count). The Morgan fingerprint density at radius 2 is 1.88 bits per heavy atom. The fourth-order valence-electron chi connectivity index (χ4n) is 2.62. The Morgan fingerprint density at radius 3 is 2.72 bits per heavy atom. The SMILES string of the molecule is O=C(Cn1nc2cnc3ccccc3n2c1=O)Nc1ccccc1Cl. The number of aromatic nitrogens is 4. The molecule has 25 heavy (non-hydrogen) atoms. The van der Waals surface area contributed by atoms with Crippen LogP contribution in [0.15, 0.2) is 59.5 Å². The molecule has 0 bridgehead atoms. The van der Waals surface area contributed by atoms with Gasteiger partial charge in [0.15, 0.2) is 5.65 Å². The molecule has 4 aromatic rings. The van der Waals surface area contributed by atoms with Gasteiger partial charge in [-0.15, -0.1) is 5.10 Å². The van der Waals surface area contributed by atoms with E-state index in [9.17, 15) is 9.59 Å². The number of nitrogens with zero attached hydrogens (tertiary/aromatic N) is 4. The Labute approximate surface area is 146 Å². The summed E-state index contributed by atoms with van der Waals surface area (Å²) in [6.07, 6.45) is 1.51. The standard InChI is InChI=1S/C17H12ClN5O2/c18-11-5-1-2-6-12(11)20-16(24)10-22-17(25)23-14-8-4-3-7-13(14)19-9-15(23)21-22/h1-9H,10H2,(H,20,24). The summed E-state index contributed by atoms with van der Waals surface area (Å²) in [7, 11) is 0. The van der Waals surface area contributed by atoms with Crippen LogP contribution in [0.5, 0.6) is 0 Å². The highest BCUT2D eigenvalue weighted by Crippen LogP contribution is 2.20. The topological polar surface area (TPSA) is 81.3 Å². The first-order chi connectivity index (χ1) is 12.1. The Balaban J connectivity index is 1.69. The third-order valence-corrected chi connectivity index (χ3v) is 4.08. The first-order valence-electron chi connectivity index (χ1n) is 7.51. The molecule has 0 spiro atoms. The Bertz CT molecular complexity index is 1160. The Hall–Kier alpha value is -3.19. The number of nitrogens with one attached hydrogen (secondary N) is 1. The molecule has 0 saturated carbocycles. The minimum Gasteiger partial charge on any atom is -0.323 e. The number of carbonyl (C=O) groups is 1. The largest absolute Gasteiger partial charge is 0.351 e. The van der Waals surface area contributed by atoms with Crippen molar-refractivity contribution in [3.8, 4) is 0 Å². The van der Waals surface area contributed by atoms with E-state index >= 15 is 0 Å². The van der Waals surface area contributed by atoms with Crippen molar-refractivity contribution in [1.29, 1.82) is 0 Å². The molecule has 0 fully saturated rings. The van der Waals surface area contributed by atoms with Crippen molar-refractivity contribution < 1.29 is 4.79 Å². The van der Waals surface area contributed by atoms with Crippen LogP contribution in [0.2, 0.25) is 5.02 Å². The smallest absolute Gasteiger partial charge is 0.323 e. The predicted molar refractivity (Wildman–Crippen MR) is 94.8 cm³/mol. The molecule has 2 heterocycles. The van der Waals surface area contributed by atoms with Gasteiger partial charge in [0.05, 0.1) is 27.9 Å². The van der Waals surface area contributed by atoms with Gasteiger partial charge in [0.2, 0.25) is 5.91 Å². The van der Waals surface area contributed by atoms with E-state index in [0.29, 0.717) is 27.4 Å². The number of hydrogen-bond acceptors (Lipinski definition) is 4. The molecule has 2 aromatic heterocycles. The molecule has 8 heteroatoms. The van der Waals surface area contributed by atoms with Crippen LogP contribution in [0.4, 0.5) is 5.69 Å². The van der Waals surface area contributed by atoms with Crippen LogP contribution in [-0.4, -0.2) is 25.1 Å². The molecule has 124 valence electrons. The maximum absolute atomic E-state index is 12.6. The van der Waals surface area contributed by atoms with Crippen molar-refractivity contribution in [3.63, 3.8) is 0 Å². The number of anilines is 1. The molecule has 0 unspecified atom stereocenters. The first kappa shape index (κ1) is 15.3. The highest BCUT2D eigenvalue weighted by Gasteiger charge is 2.14. The van der Waals surface area contributed by atoms with Crippen LogP contribution in [0, 0.1) is 0 Å². The summed E-state index contributed by atoms with van der Waals surface area (Å²) in [5, 5.41) is 7.27. The number of para-hydroxylation sites is 3. The van der Waals surface area contributed by atoms with Crippen LogP contribution in [0.1, 0.15) is 0 Å². The molecule has 0 radical (unpaired) electrons. The number of carbonyl (C=O) groups excluding carboxylic acids is 1. The number of hydrogen-bond donors (Lipinski definition) is 1. The van der Waals surface area contributed by atoms with Gasteiger partial charge in [0.1, 0.15) is 6.54 Å². The highest BCUT2D eigenvalue weighted by molar-refractivity contribution is 6.33. The van der Waals surface area contributed by atoms with Gasteiger partial charge in [-0.05, 0) is 24.3 Å². The summed E-state index contributed by atoms with van der Waals surface area (Å²) in [4.78, 5) is 29.1. The second-order valence-corrected chi connectivity index (χ2v) is 5.82. The number of halogens is 1. The van der Waals surface area contributed by atoms with E-state index in [1.54, 1.807) is 30.3 Å². The molecule has 0 aliphatic rings. The van der Waals surface area contributed by atoms with E-state index in [-0.39, 0.29) is 6.54 Å². The van der Waals surface area contributed by atoms with Crippen molar-refractivity contribution in [2.75, 3.05) is 5.32 Å². The van der Waals surface area contributed by atoms with Crippen molar-refractivity contribution >= 4 is 39.9 Å². The van der Waals surface area contributed by atoms with Crippen LogP contribution in [-0.2, 0) is 11.3 Å². The first-order valence-corrected chi connectivity index (χ1v) is 7.89. The fourth-order valence-corrected chi connectivity index (χ4v) is 2.80. The predicted octanol–water partition coefficient (Wildman–Crippen LogP) is 2.34. The lowest BCUT2D eigenvalue weighted by atomic mass is 10.3. The molecular formula is C17H12ClN5O2. The molecule has 0 aliphatic carbocycles. The van der Waals surface area contributed by atoms with Crippen molar-refractivity contribution in [2.45, 2.75) is 6.54 Å². The van der Waals surface area contributed by atoms with Gasteiger partial charge in [-0.3, -0.25) is 9.78 Å². The summed E-state index contributed by atoms with van der Waals surface area (Å²) in [6.45, 7) is -0.222. The fraction of sp³-hybridized carbons (Fsp3) is 0.0588. The number of amides is 1. The molecule has 2 aromatic carbocycles. The summed E-state index contributed by atoms with van der Waals surface area (Å²) in [5.41, 5.74) is 1.79. The van der Waals surface area contributed by atoms with Crippen molar-refractivity contribution in [1.82, 2.24) is 19.2 Å². The van der Waals surface area contributed by atoms with Gasteiger partial charge in [-0.25, -0.2) is 13.9 Å². The van der Waals surface area contributed by atoms with Crippen LogP contribution < -0.4 is 11.0 Å². The van der Waals surface area contributed by atoms with E-state index in [2.05, 4.69) is 15.4 Å². The highest BCUT2D eigenvalue weighted by atomic mass is 35.5. The average Bonchev–Trinajstić information content (AvgIpc) is 2.93. The van der Waals surface area contributed by atoms with Crippen molar-refractivity contribution in [2.24, 2.45) is 0 Å². The van der Waals surface area contributed by atoms with E-state index in [1.165, 1.54) is 10.6 Å².